The third-order valence-corrected chi connectivity index (χ3v) is 3.55. The molecule has 0 saturated carbocycles. The maximum atomic E-state index is 12.0. The smallest absolute Gasteiger partial charge is 0.248 e. The molecule has 0 unspecified atom stereocenters. The predicted octanol–water partition coefficient (Wildman–Crippen LogP) is 1.68. The lowest BCUT2D eigenvalue weighted by atomic mass is 10.0. The van der Waals surface area contributed by atoms with Crippen molar-refractivity contribution in [2.24, 2.45) is 0 Å². The van der Waals surface area contributed by atoms with Gasteiger partial charge >= 0.3 is 0 Å². The highest BCUT2D eigenvalue weighted by Gasteiger charge is 2.33. The van der Waals surface area contributed by atoms with Crippen LogP contribution in [0.4, 0.5) is 0 Å². The Hall–Kier alpha value is -1.10. The van der Waals surface area contributed by atoms with E-state index in [2.05, 4.69) is 5.32 Å². The van der Waals surface area contributed by atoms with Gasteiger partial charge in [0.2, 0.25) is 5.91 Å². The van der Waals surface area contributed by atoms with Crippen molar-refractivity contribution < 1.29 is 9.53 Å². The summed E-state index contributed by atoms with van der Waals surface area (Å²) in [7, 11) is 1.78. The number of amides is 1. The molecule has 1 aliphatic heterocycles. The Balaban J connectivity index is 1.80. The summed E-state index contributed by atoms with van der Waals surface area (Å²) in [6, 6.07) is 7.49. The molecular formula is C14H19ClN2O2. The van der Waals surface area contributed by atoms with E-state index in [0.717, 1.165) is 18.7 Å². The first-order chi connectivity index (χ1) is 8.98. The van der Waals surface area contributed by atoms with Crippen molar-refractivity contribution in [3.8, 4) is 0 Å². The van der Waals surface area contributed by atoms with E-state index < -0.39 is 0 Å². The summed E-state index contributed by atoms with van der Waals surface area (Å²) in [5.41, 5.74) is 0.869. The second kappa shape index (κ2) is 5.90. The zero-order chi connectivity index (χ0) is 13.9. The average molecular weight is 283 g/mol. The number of ether oxygens (including phenoxy) is 1. The van der Waals surface area contributed by atoms with E-state index in [4.69, 9.17) is 16.3 Å². The molecule has 0 atom stereocenters. The van der Waals surface area contributed by atoms with Crippen molar-refractivity contribution in [3.63, 3.8) is 0 Å². The number of halogens is 1. The fourth-order valence-corrected chi connectivity index (χ4v) is 2.00. The second-order valence-electron chi connectivity index (χ2n) is 5.22. The van der Waals surface area contributed by atoms with Crippen molar-refractivity contribution >= 4 is 17.5 Å². The molecule has 0 bridgehead atoms. The Morgan fingerprint density at radius 1 is 1.42 bits per heavy atom. The van der Waals surface area contributed by atoms with Gasteiger partial charge in [-0.1, -0.05) is 23.7 Å². The first kappa shape index (κ1) is 14.3. The minimum Gasteiger partial charge on any atom is -0.363 e. The third kappa shape index (κ3) is 3.93. The molecule has 1 aliphatic rings. The van der Waals surface area contributed by atoms with Crippen LogP contribution in [0.3, 0.4) is 0 Å². The minimum absolute atomic E-state index is 0.0110. The lowest BCUT2D eigenvalue weighted by Crippen LogP contribution is -2.59. The largest absolute Gasteiger partial charge is 0.363 e. The van der Waals surface area contributed by atoms with Gasteiger partial charge in [0.25, 0.3) is 0 Å². The zero-order valence-corrected chi connectivity index (χ0v) is 12.0. The van der Waals surface area contributed by atoms with Crippen LogP contribution in [0, 0.1) is 0 Å². The van der Waals surface area contributed by atoms with E-state index in [-0.39, 0.29) is 18.1 Å². The molecule has 1 saturated heterocycles. The fraction of sp³-hybridized carbons (Fsp3) is 0.500. The lowest BCUT2D eigenvalue weighted by molar-refractivity contribution is -0.145. The molecule has 104 valence electrons. The first-order valence-electron chi connectivity index (χ1n) is 6.32. The van der Waals surface area contributed by atoms with Gasteiger partial charge in [0.15, 0.2) is 0 Å². The van der Waals surface area contributed by atoms with E-state index in [1.807, 2.05) is 31.2 Å². The molecule has 1 amide bonds. The summed E-state index contributed by atoms with van der Waals surface area (Å²) in [6.45, 7) is 4.31. The van der Waals surface area contributed by atoms with Gasteiger partial charge in [-0.2, -0.15) is 0 Å². The Morgan fingerprint density at radius 2 is 2.05 bits per heavy atom. The van der Waals surface area contributed by atoms with Crippen molar-refractivity contribution in [1.82, 2.24) is 10.2 Å². The van der Waals surface area contributed by atoms with Gasteiger partial charge in [-0.15, -0.1) is 0 Å². The fourth-order valence-electron chi connectivity index (χ4n) is 1.88. The van der Waals surface area contributed by atoms with Crippen LogP contribution in [0.1, 0.15) is 12.5 Å². The number of likely N-dealkylation sites (N-methyl/N-ethyl adjacent to an activating group) is 1. The Bertz CT molecular complexity index is 443. The SMILES string of the molecule is CN(Cc1ccc(Cl)cc1)C(=O)COC1(C)CNC1. The number of rotatable bonds is 5. The van der Waals surface area contributed by atoms with Crippen LogP contribution in [-0.2, 0) is 16.1 Å². The normalized spacial score (nSPS) is 16.8. The molecule has 1 heterocycles. The van der Waals surface area contributed by atoms with Crippen LogP contribution in [-0.4, -0.2) is 43.2 Å². The van der Waals surface area contributed by atoms with Gasteiger partial charge in [0.1, 0.15) is 6.61 Å². The summed E-state index contributed by atoms with van der Waals surface area (Å²) >= 11 is 5.83. The van der Waals surface area contributed by atoms with Gasteiger partial charge in [0, 0.05) is 31.7 Å². The van der Waals surface area contributed by atoms with Gasteiger partial charge in [0.05, 0.1) is 5.60 Å². The van der Waals surface area contributed by atoms with Gasteiger partial charge in [-0.05, 0) is 24.6 Å². The molecule has 1 N–H and O–H groups in total. The van der Waals surface area contributed by atoms with Crippen molar-refractivity contribution in [1.29, 1.82) is 0 Å². The molecule has 1 fully saturated rings. The number of hydrogen-bond acceptors (Lipinski definition) is 3. The molecule has 2 rings (SSSR count). The number of benzene rings is 1. The predicted molar refractivity (Wildman–Crippen MR) is 75.2 cm³/mol. The Kier molecular flexibility index (Phi) is 4.45. The van der Waals surface area contributed by atoms with Crippen LogP contribution >= 0.6 is 11.6 Å². The average Bonchev–Trinajstić information content (AvgIpc) is 2.36. The summed E-state index contributed by atoms with van der Waals surface area (Å²) in [5, 5.41) is 3.84. The summed E-state index contributed by atoms with van der Waals surface area (Å²) < 4.78 is 5.63. The highest BCUT2D eigenvalue weighted by Crippen LogP contribution is 2.15. The molecule has 0 aromatic heterocycles. The number of carbonyl (C=O) groups excluding carboxylic acids is 1. The standard InChI is InChI=1S/C14H19ClN2O2/c1-14(9-16-10-14)19-8-13(18)17(2)7-11-3-5-12(15)6-4-11/h3-6,16H,7-10H2,1-2H3. The molecule has 1 aromatic carbocycles. The number of hydrogen-bond donors (Lipinski definition) is 1. The molecular weight excluding hydrogens is 264 g/mol. The Labute approximate surface area is 118 Å². The molecule has 0 radical (unpaired) electrons. The van der Waals surface area contributed by atoms with Crippen molar-refractivity contribution in [3.05, 3.63) is 34.9 Å². The van der Waals surface area contributed by atoms with Crippen molar-refractivity contribution in [2.75, 3.05) is 26.7 Å². The van der Waals surface area contributed by atoms with E-state index >= 15 is 0 Å². The van der Waals surface area contributed by atoms with Crippen LogP contribution in [0.25, 0.3) is 0 Å². The zero-order valence-electron chi connectivity index (χ0n) is 11.3. The lowest BCUT2D eigenvalue weighted by Gasteiger charge is -2.39. The van der Waals surface area contributed by atoms with Gasteiger partial charge in [-0.25, -0.2) is 0 Å². The highest BCUT2D eigenvalue weighted by atomic mass is 35.5. The Morgan fingerprint density at radius 3 is 2.58 bits per heavy atom. The van der Waals surface area contributed by atoms with Crippen LogP contribution in [0.5, 0.6) is 0 Å². The van der Waals surface area contributed by atoms with Gasteiger partial charge < -0.3 is 15.0 Å². The van der Waals surface area contributed by atoms with Crippen LogP contribution < -0.4 is 5.32 Å². The number of carbonyl (C=O) groups is 1. The topological polar surface area (TPSA) is 41.6 Å². The van der Waals surface area contributed by atoms with E-state index in [1.165, 1.54) is 0 Å². The molecule has 0 aliphatic carbocycles. The second-order valence-corrected chi connectivity index (χ2v) is 5.65. The summed E-state index contributed by atoms with van der Waals surface area (Å²) in [5.74, 6) is -0.0110. The maximum Gasteiger partial charge on any atom is 0.248 e. The highest BCUT2D eigenvalue weighted by molar-refractivity contribution is 6.30. The van der Waals surface area contributed by atoms with Crippen LogP contribution in [0.15, 0.2) is 24.3 Å². The molecule has 0 spiro atoms. The summed E-state index contributed by atoms with van der Waals surface area (Å²) in [4.78, 5) is 13.6. The molecule has 5 heteroatoms. The first-order valence-corrected chi connectivity index (χ1v) is 6.69. The number of nitrogens with one attached hydrogen (secondary N) is 1. The van der Waals surface area contributed by atoms with E-state index in [9.17, 15) is 4.79 Å². The minimum atomic E-state index is -0.184. The van der Waals surface area contributed by atoms with Gasteiger partial charge in [-0.3, -0.25) is 4.79 Å². The van der Waals surface area contributed by atoms with E-state index in [1.54, 1.807) is 11.9 Å². The van der Waals surface area contributed by atoms with E-state index in [0.29, 0.717) is 11.6 Å². The van der Waals surface area contributed by atoms with Crippen LogP contribution in [0.2, 0.25) is 5.02 Å². The quantitative estimate of drug-likeness (QED) is 0.893. The molecule has 1 aromatic rings. The van der Waals surface area contributed by atoms with Crippen molar-refractivity contribution in [2.45, 2.75) is 19.1 Å². The molecule has 4 nitrogen and oxygen atoms in total. The maximum absolute atomic E-state index is 12.0. The molecule has 19 heavy (non-hydrogen) atoms. The summed E-state index contributed by atoms with van der Waals surface area (Å²) in [6.07, 6.45) is 0. The number of nitrogens with zero attached hydrogens (tertiary/aromatic N) is 1. The third-order valence-electron chi connectivity index (χ3n) is 3.30. The monoisotopic (exact) mass is 282 g/mol.